The van der Waals surface area contributed by atoms with Crippen LogP contribution in [0.15, 0.2) is 41.1 Å². The van der Waals surface area contributed by atoms with E-state index in [-0.39, 0.29) is 7.43 Å². The van der Waals surface area contributed by atoms with Gasteiger partial charge in [-0.05, 0) is 31.4 Å². The van der Waals surface area contributed by atoms with E-state index in [0.717, 1.165) is 18.4 Å². The van der Waals surface area contributed by atoms with Crippen molar-refractivity contribution >= 4 is 17.7 Å². The number of ether oxygens (including phenoxy) is 1. The van der Waals surface area contributed by atoms with Crippen LogP contribution in [-0.4, -0.2) is 13.2 Å². The minimum atomic E-state index is -0.812. The number of aliphatic imine (C=N–C) groups is 1. The van der Waals surface area contributed by atoms with E-state index in [2.05, 4.69) is 4.99 Å². The fourth-order valence-corrected chi connectivity index (χ4v) is 2.74. The number of methoxy groups -OCH3 is 1. The Hall–Kier alpha value is -1.57. The summed E-state index contributed by atoms with van der Waals surface area (Å²) in [6, 6.07) is 7.40. The first-order valence-electron chi connectivity index (χ1n) is 5.83. The summed E-state index contributed by atoms with van der Waals surface area (Å²) in [5, 5.41) is 0.585. The van der Waals surface area contributed by atoms with Gasteiger partial charge in [0, 0.05) is 10.6 Å². The van der Waals surface area contributed by atoms with Crippen LogP contribution in [0.5, 0.6) is 0 Å². The molecule has 0 heterocycles. The van der Waals surface area contributed by atoms with E-state index in [1.807, 2.05) is 24.3 Å². The molecule has 1 atom stereocenters. The Morgan fingerprint density at radius 2 is 2.16 bits per heavy atom. The van der Waals surface area contributed by atoms with Crippen LogP contribution in [0.4, 0.5) is 0 Å². The van der Waals surface area contributed by atoms with Gasteiger partial charge in [-0.1, -0.05) is 37.2 Å². The Labute approximate surface area is 118 Å². The van der Waals surface area contributed by atoms with Gasteiger partial charge in [-0.25, -0.2) is 4.79 Å². The summed E-state index contributed by atoms with van der Waals surface area (Å²) in [6.07, 6.45) is 6.18. The highest BCUT2D eigenvalue weighted by atomic mass is 35.5. The number of nitrogens with zero attached hydrogens (tertiary/aromatic N) is 1. The van der Waals surface area contributed by atoms with Crippen molar-refractivity contribution in [2.75, 3.05) is 7.11 Å². The number of carbonyl (C=O) groups excluding carboxylic acids is 1. The third-order valence-corrected chi connectivity index (χ3v) is 3.59. The second-order valence-corrected chi connectivity index (χ2v) is 4.62. The lowest BCUT2D eigenvalue weighted by atomic mass is 9.80. The second kappa shape index (κ2) is 6.55. The highest BCUT2D eigenvalue weighted by Gasteiger charge is 2.40. The summed E-state index contributed by atoms with van der Waals surface area (Å²) in [7, 11) is 1.59. The summed E-state index contributed by atoms with van der Waals surface area (Å²) in [5.74, 6) is 0.671. The first-order valence-corrected chi connectivity index (χ1v) is 6.21. The van der Waals surface area contributed by atoms with Gasteiger partial charge < -0.3 is 4.74 Å². The largest absolute Gasteiger partial charge is 0.498 e. The van der Waals surface area contributed by atoms with E-state index in [1.54, 1.807) is 19.3 Å². The molecule has 1 aliphatic rings. The summed E-state index contributed by atoms with van der Waals surface area (Å²) in [6.45, 7) is 0. The van der Waals surface area contributed by atoms with Crippen LogP contribution in [0.1, 0.15) is 32.3 Å². The van der Waals surface area contributed by atoms with E-state index in [4.69, 9.17) is 16.3 Å². The average molecular weight is 280 g/mol. The van der Waals surface area contributed by atoms with E-state index in [0.29, 0.717) is 17.2 Å². The van der Waals surface area contributed by atoms with Crippen molar-refractivity contribution in [2.24, 2.45) is 4.99 Å². The van der Waals surface area contributed by atoms with E-state index in [9.17, 15) is 4.79 Å². The zero-order valence-electron chi connectivity index (χ0n) is 10.1. The number of hydrogen-bond acceptors (Lipinski definition) is 3. The van der Waals surface area contributed by atoms with Gasteiger partial charge in [0.25, 0.3) is 0 Å². The van der Waals surface area contributed by atoms with Crippen LogP contribution in [0.2, 0.25) is 5.02 Å². The Balaban J connectivity index is 0.00000180. The smallest absolute Gasteiger partial charge is 0.236 e. The lowest BCUT2D eigenvalue weighted by molar-refractivity contribution is 0.202. The van der Waals surface area contributed by atoms with Crippen LogP contribution in [-0.2, 0) is 15.1 Å². The molecule has 0 saturated carbocycles. The Morgan fingerprint density at radius 1 is 1.42 bits per heavy atom. The van der Waals surface area contributed by atoms with Gasteiger partial charge in [-0.15, -0.1) is 0 Å². The summed E-state index contributed by atoms with van der Waals surface area (Å²) < 4.78 is 5.40. The van der Waals surface area contributed by atoms with Crippen molar-refractivity contribution in [1.29, 1.82) is 0 Å². The Kier molecular flexibility index (Phi) is 5.34. The van der Waals surface area contributed by atoms with Gasteiger partial charge in [0.2, 0.25) is 6.08 Å². The normalized spacial score (nSPS) is 21.7. The maximum atomic E-state index is 10.8. The molecule has 0 fully saturated rings. The SMILES string of the molecule is C.COC1=CCCC[C@]1(N=C=O)c1ccccc1Cl. The van der Waals surface area contributed by atoms with Crippen LogP contribution in [0.25, 0.3) is 0 Å². The van der Waals surface area contributed by atoms with Crippen molar-refractivity contribution < 1.29 is 9.53 Å². The number of halogens is 1. The lowest BCUT2D eigenvalue weighted by Crippen LogP contribution is -2.30. The van der Waals surface area contributed by atoms with Crippen molar-refractivity contribution in [3.8, 4) is 0 Å². The molecule has 0 unspecified atom stereocenters. The van der Waals surface area contributed by atoms with Crippen LogP contribution < -0.4 is 0 Å². The molecule has 0 spiro atoms. The summed E-state index contributed by atoms with van der Waals surface area (Å²) in [4.78, 5) is 14.8. The minimum absolute atomic E-state index is 0. The molecule has 0 radical (unpaired) electrons. The quantitative estimate of drug-likeness (QED) is 0.614. The predicted octanol–water partition coefficient (Wildman–Crippen LogP) is 4.22. The predicted molar refractivity (Wildman–Crippen MR) is 76.9 cm³/mol. The third-order valence-electron chi connectivity index (χ3n) is 3.26. The van der Waals surface area contributed by atoms with Gasteiger partial charge in [-0.2, -0.15) is 4.99 Å². The van der Waals surface area contributed by atoms with Crippen LogP contribution >= 0.6 is 11.6 Å². The van der Waals surface area contributed by atoms with Gasteiger partial charge in [0.15, 0.2) is 5.54 Å². The molecule has 4 heteroatoms. The fourth-order valence-electron chi connectivity index (χ4n) is 2.45. The molecule has 1 aromatic rings. The summed E-state index contributed by atoms with van der Waals surface area (Å²) >= 11 is 6.23. The molecule has 0 N–H and O–H groups in total. The monoisotopic (exact) mass is 279 g/mol. The van der Waals surface area contributed by atoms with Crippen molar-refractivity contribution in [1.82, 2.24) is 0 Å². The minimum Gasteiger partial charge on any atom is -0.498 e. The Morgan fingerprint density at radius 3 is 2.79 bits per heavy atom. The van der Waals surface area contributed by atoms with Crippen LogP contribution in [0, 0.1) is 0 Å². The van der Waals surface area contributed by atoms with Crippen molar-refractivity contribution in [3.05, 3.63) is 46.7 Å². The molecule has 0 aromatic heterocycles. The molecule has 0 aliphatic heterocycles. The molecule has 0 amide bonds. The van der Waals surface area contributed by atoms with Crippen LogP contribution in [0.3, 0.4) is 0 Å². The van der Waals surface area contributed by atoms with Gasteiger partial charge in [-0.3, -0.25) is 0 Å². The van der Waals surface area contributed by atoms with Gasteiger partial charge in [0.05, 0.1) is 7.11 Å². The molecule has 102 valence electrons. The third kappa shape index (κ3) is 2.73. The molecule has 1 aliphatic carbocycles. The van der Waals surface area contributed by atoms with Crippen molar-refractivity contribution in [3.63, 3.8) is 0 Å². The Bertz CT molecular complexity index is 521. The number of hydrogen-bond donors (Lipinski definition) is 0. The number of benzene rings is 1. The van der Waals surface area contributed by atoms with E-state index >= 15 is 0 Å². The maximum absolute atomic E-state index is 10.8. The molecule has 2 rings (SSSR count). The number of isocyanates is 1. The number of rotatable bonds is 3. The highest BCUT2D eigenvalue weighted by molar-refractivity contribution is 6.31. The molecular weight excluding hydrogens is 262 g/mol. The molecule has 19 heavy (non-hydrogen) atoms. The highest BCUT2D eigenvalue weighted by Crippen LogP contribution is 2.44. The van der Waals surface area contributed by atoms with Crippen molar-refractivity contribution in [2.45, 2.75) is 32.2 Å². The van der Waals surface area contributed by atoms with Gasteiger partial charge in [0.1, 0.15) is 5.76 Å². The molecular formula is C15H18ClNO2. The standard InChI is InChI=1S/C14H14ClNO2.CH4/c1-18-13-8-4-5-9-14(13,16-10-17)11-6-2-3-7-12(11)15;/h2-3,6-8H,4-5,9H2,1H3;1H4/t14-;/m0./s1. The second-order valence-electron chi connectivity index (χ2n) is 4.21. The van der Waals surface area contributed by atoms with E-state index < -0.39 is 5.54 Å². The number of allylic oxidation sites excluding steroid dienone is 1. The topological polar surface area (TPSA) is 38.7 Å². The molecule has 0 saturated heterocycles. The summed E-state index contributed by atoms with van der Waals surface area (Å²) in [5.41, 5.74) is -0.0181. The fraction of sp³-hybridized carbons (Fsp3) is 0.400. The zero-order chi connectivity index (χ0) is 13.0. The first kappa shape index (κ1) is 15.5. The average Bonchev–Trinajstić information content (AvgIpc) is 2.40. The first-order chi connectivity index (χ1) is 8.74. The van der Waals surface area contributed by atoms with E-state index in [1.165, 1.54) is 0 Å². The molecule has 3 nitrogen and oxygen atoms in total. The molecule has 0 bridgehead atoms. The van der Waals surface area contributed by atoms with Gasteiger partial charge >= 0.3 is 0 Å². The zero-order valence-corrected chi connectivity index (χ0v) is 10.9. The molecule has 1 aromatic carbocycles. The lowest BCUT2D eigenvalue weighted by Gasteiger charge is -2.33. The maximum Gasteiger partial charge on any atom is 0.236 e.